The molecular formula is C68H89N17O16. The predicted molar refractivity (Wildman–Crippen MR) is 371 cm³/mol. The zero-order valence-corrected chi connectivity index (χ0v) is 56.1. The van der Waals surface area contributed by atoms with Crippen LogP contribution in [0.1, 0.15) is 88.8 Å². The number of fused-ring (bicyclic) bond motifs is 2. The van der Waals surface area contributed by atoms with Gasteiger partial charge in [-0.25, -0.2) is 4.99 Å². The maximum absolute atomic E-state index is 15.2. The number of carbonyl (C=O) groups excluding carboxylic acids is 12. The highest BCUT2D eigenvalue weighted by Gasteiger charge is 2.42. The Bertz CT molecular complexity index is 3850. The zero-order chi connectivity index (χ0) is 71.3. The minimum absolute atomic E-state index is 0. The van der Waals surface area contributed by atoms with Gasteiger partial charge in [-0.2, -0.15) is 5.06 Å². The van der Waals surface area contributed by atoms with Crippen LogP contribution >= 0.6 is 0 Å². The number of carbonyl (C=O) groups is 12. The second-order valence-electron chi connectivity index (χ2n) is 25.0. The number of aromatic amines is 1. The van der Waals surface area contributed by atoms with Crippen molar-refractivity contribution in [3.63, 3.8) is 0 Å². The molecule has 3 aliphatic heterocycles. The van der Waals surface area contributed by atoms with Gasteiger partial charge in [-0.1, -0.05) is 105 Å². The van der Waals surface area contributed by atoms with Crippen molar-refractivity contribution in [2.45, 2.75) is 152 Å². The molecular weight excluding hydrogens is 1310 g/mol. The van der Waals surface area contributed by atoms with Crippen LogP contribution in [0, 0.1) is 5.92 Å². The van der Waals surface area contributed by atoms with Crippen molar-refractivity contribution in [2.75, 3.05) is 26.2 Å². The van der Waals surface area contributed by atoms with Gasteiger partial charge >= 0.3 is 5.97 Å². The average Bonchev–Trinajstić information content (AvgIpc) is 1.80. The summed E-state index contributed by atoms with van der Waals surface area (Å²) >= 11 is 0. The van der Waals surface area contributed by atoms with Crippen LogP contribution in [-0.2, 0) is 81.6 Å². The van der Waals surface area contributed by atoms with Crippen LogP contribution in [-0.4, -0.2) is 207 Å². The van der Waals surface area contributed by atoms with Crippen molar-refractivity contribution < 1.29 is 78.4 Å². The van der Waals surface area contributed by atoms with Gasteiger partial charge in [-0.3, -0.25) is 67.5 Å². The molecule has 10 atom stereocenters. The largest absolute Gasteiger partial charge is 0.412 e. The number of H-pyrrole nitrogens is 1. The monoisotopic (exact) mass is 1400 g/mol. The van der Waals surface area contributed by atoms with E-state index in [1.807, 2.05) is 42.5 Å². The van der Waals surface area contributed by atoms with Gasteiger partial charge in [0.1, 0.15) is 67.3 Å². The Morgan fingerprint density at radius 3 is 1.91 bits per heavy atom. The lowest BCUT2D eigenvalue weighted by Gasteiger charge is -2.32. The maximum Gasteiger partial charge on any atom is 0.329 e. The molecule has 11 amide bonds. The number of aliphatic hydroxyl groups is 1. The van der Waals surface area contributed by atoms with E-state index in [0.29, 0.717) is 39.1 Å². The lowest BCUT2D eigenvalue weighted by Crippen LogP contribution is -2.61. The number of nitrogens with zero attached hydrogens (tertiary/aromatic N) is 5. The maximum atomic E-state index is 15.2. The molecule has 1 aromatic heterocycles. The molecule has 0 bridgehead atoms. The van der Waals surface area contributed by atoms with E-state index in [2.05, 4.69) is 62.5 Å². The first-order valence-corrected chi connectivity index (χ1v) is 32.7. The Balaban J connectivity index is 0.00000803. The molecule has 2 saturated heterocycles. The number of nitrogens with two attached hydrogens (primary N) is 3. The third-order valence-corrected chi connectivity index (χ3v) is 16.9. The fourth-order valence-corrected chi connectivity index (χ4v) is 12.0. The predicted octanol–water partition coefficient (Wildman–Crippen LogP) is -2.88. The van der Waals surface area contributed by atoms with E-state index in [4.69, 9.17) is 22.0 Å². The molecule has 0 aliphatic carbocycles. The van der Waals surface area contributed by atoms with Gasteiger partial charge in [0.15, 0.2) is 5.96 Å². The molecule has 0 radical (unpaired) electrons. The number of amides is 11. The Kier molecular flexibility index (Phi) is 29.4. The smallest absolute Gasteiger partial charge is 0.329 e. The van der Waals surface area contributed by atoms with Gasteiger partial charge in [0.25, 0.3) is 5.91 Å². The molecule has 5 aromatic rings. The molecule has 8 rings (SSSR count). The number of aliphatic hydroxyl groups excluding tert-OH is 1. The summed E-state index contributed by atoms with van der Waals surface area (Å²) in [7, 11) is 0. The summed E-state index contributed by atoms with van der Waals surface area (Å²) in [5.41, 5.74) is 19.0. The van der Waals surface area contributed by atoms with Gasteiger partial charge in [-0.15, -0.1) is 0 Å². The van der Waals surface area contributed by atoms with Gasteiger partial charge in [0, 0.05) is 75.4 Å². The summed E-state index contributed by atoms with van der Waals surface area (Å²) in [6.45, 7) is 2.84. The molecule has 4 heterocycles. The highest BCUT2D eigenvalue weighted by molar-refractivity contribution is 6.00. The highest BCUT2D eigenvalue weighted by Crippen LogP contribution is 2.24. The first kappa shape index (κ1) is 78.8. The van der Waals surface area contributed by atoms with E-state index in [1.165, 1.54) is 17.5 Å². The number of nitrogens with one attached hydrogen (secondary N) is 9. The van der Waals surface area contributed by atoms with Crippen molar-refractivity contribution in [1.82, 2.24) is 57.5 Å². The van der Waals surface area contributed by atoms with Crippen LogP contribution in [0.5, 0.6) is 0 Å². The second-order valence-corrected chi connectivity index (χ2v) is 25.0. The number of likely N-dealkylation sites (tertiary alicyclic amines) is 1. The quantitative estimate of drug-likeness (QED) is 0.00868. The number of para-hydroxylation sites is 1. The van der Waals surface area contributed by atoms with Crippen molar-refractivity contribution in [3.05, 3.63) is 120 Å². The summed E-state index contributed by atoms with van der Waals surface area (Å²) < 4.78 is 0. The number of hydrogen-bond acceptors (Lipinski definition) is 17. The topological polar surface area (TPSA) is 531 Å². The minimum Gasteiger partial charge on any atom is -0.412 e. The van der Waals surface area contributed by atoms with Gasteiger partial charge in [-0.05, 0) is 78.0 Å². The van der Waals surface area contributed by atoms with Crippen LogP contribution in [0.4, 0.5) is 0 Å². The molecule has 0 saturated carbocycles. The van der Waals surface area contributed by atoms with E-state index in [-0.39, 0.29) is 106 Å². The van der Waals surface area contributed by atoms with Gasteiger partial charge < -0.3 is 90.5 Å². The summed E-state index contributed by atoms with van der Waals surface area (Å²) in [5.74, 6) is -10.5. The van der Waals surface area contributed by atoms with E-state index in [9.17, 15) is 53.1 Å². The summed E-state index contributed by atoms with van der Waals surface area (Å²) in [5, 5.41) is 35.5. The molecule has 20 N–H and O–H groups in total. The third-order valence-electron chi connectivity index (χ3n) is 16.9. The Hall–Kier alpha value is -11.2. The molecule has 33 heteroatoms. The number of aliphatic imine (C=N–C) groups is 3. The molecule has 1 unspecified atom stereocenters. The van der Waals surface area contributed by atoms with E-state index in [1.54, 1.807) is 74.6 Å². The summed E-state index contributed by atoms with van der Waals surface area (Å²) in [6.07, 6.45) is 4.53. The lowest BCUT2D eigenvalue weighted by atomic mass is 9.98. The summed E-state index contributed by atoms with van der Waals surface area (Å²) in [4.78, 5) is 189. The standard InChI is InChI=1S/C68H85N17O14.2H2O/c1-38(2)27-50(60(91)77-49(19-11-25-73-68(70)71)66(97)84-26-12-20-56(84)67(98)85(35-57(69)88)99-39(3)87)78-62(93)52(30-41-21-22-42-15-7-8-16-43(42)28-41)79-61(92)51(29-40-13-5-4-6-14-40)80-65(96)55(36-86)83-63(94)53(31-44-33-74-47-18-10-9-17-46(44)47)81-64(95)54(32-45-34-72-37-75-45)82-59(90)48-23-24-58(89)76-48;;/h4-10,13-18,21-22,28,33-34,37-38,45,48-56,74,86H,11-12,19-20,23-27,29-32,35-36H2,1-3H3,(H2,69,88)(H,76,89)(H,77,91)(H,78,93)(H,79,92)(H,80,96)(H,81,95)(H,82,90)(H,83,94)(H4,70,71,73);2*1H2/t45?,48-,49-,50-,51-,52+,53-,54-,55-,56-;;/m0../s1. The number of guanidine groups is 1. The van der Waals surface area contributed by atoms with E-state index in [0.717, 1.165) is 17.7 Å². The molecule has 33 nitrogen and oxygen atoms in total. The average molecular weight is 1400 g/mol. The van der Waals surface area contributed by atoms with Crippen LogP contribution in [0.25, 0.3) is 21.7 Å². The van der Waals surface area contributed by atoms with Crippen LogP contribution < -0.4 is 59.7 Å². The van der Waals surface area contributed by atoms with Gasteiger partial charge in [0.2, 0.25) is 59.1 Å². The van der Waals surface area contributed by atoms with Crippen LogP contribution in [0.3, 0.4) is 0 Å². The number of hydrogen-bond donors (Lipinski definition) is 13. The molecule has 0 spiro atoms. The minimum atomic E-state index is -1.78. The number of primary amides is 1. The Morgan fingerprint density at radius 2 is 1.29 bits per heavy atom. The van der Waals surface area contributed by atoms with Crippen molar-refractivity contribution in [1.29, 1.82) is 0 Å². The molecule has 101 heavy (non-hydrogen) atoms. The lowest BCUT2D eigenvalue weighted by molar-refractivity contribution is -0.199. The van der Waals surface area contributed by atoms with Crippen molar-refractivity contribution in [3.8, 4) is 0 Å². The fourth-order valence-electron chi connectivity index (χ4n) is 12.0. The molecule has 542 valence electrons. The number of aromatic nitrogens is 1. The Morgan fingerprint density at radius 1 is 0.693 bits per heavy atom. The molecule has 3 aliphatic rings. The normalized spacial score (nSPS) is 17.2. The van der Waals surface area contributed by atoms with Crippen LogP contribution in [0.2, 0.25) is 0 Å². The summed E-state index contributed by atoms with van der Waals surface area (Å²) in [6, 6.07) is 15.4. The van der Waals surface area contributed by atoms with Crippen LogP contribution in [0.15, 0.2) is 118 Å². The molecule has 4 aromatic carbocycles. The SMILES string of the molecule is CC(=O)ON(CC(N)=O)C(=O)[C@@H]1CCCN1C(=O)[C@H](CCCN=C(N)N)NC(=O)[C@H](CC(C)C)NC(=O)[C@@H](Cc1ccc2ccccc2c1)NC(=O)[C@H](Cc1ccccc1)NC(=O)[C@H](CO)NC(=O)[C@H](Cc1c[nH]c2ccccc12)NC(=O)[C@H](CC1C=NC=N1)NC(=O)[C@@H]1CCC(=O)N1.O.O. The van der Waals surface area contributed by atoms with Crippen molar-refractivity contribution >= 4 is 111 Å². The highest BCUT2D eigenvalue weighted by atomic mass is 16.7. The van der Waals surface area contributed by atoms with E-state index >= 15 is 9.59 Å². The third kappa shape index (κ3) is 22.7. The Labute approximate surface area is 581 Å². The number of hydroxylamine groups is 2. The first-order valence-electron chi connectivity index (χ1n) is 32.7. The number of benzene rings is 4. The van der Waals surface area contributed by atoms with E-state index < -0.39 is 139 Å². The van der Waals surface area contributed by atoms with Gasteiger partial charge in [0.05, 0.1) is 12.6 Å². The van der Waals surface area contributed by atoms with Crippen molar-refractivity contribution in [2.24, 2.45) is 38.1 Å². The zero-order valence-electron chi connectivity index (χ0n) is 56.1. The first-order chi connectivity index (χ1) is 47.4. The number of rotatable bonds is 33. The molecule has 2 fully saturated rings. The second kappa shape index (κ2) is 37.7. The fraction of sp³-hybridized carbons (Fsp3) is 0.426.